The van der Waals surface area contributed by atoms with Crippen molar-refractivity contribution in [2.75, 3.05) is 4.72 Å². The normalized spacial score (nSPS) is 11.5. The zero-order chi connectivity index (χ0) is 17.4. The lowest BCUT2D eigenvalue weighted by molar-refractivity contribution is 1.32. The van der Waals surface area contributed by atoms with Crippen molar-refractivity contribution in [1.29, 1.82) is 0 Å². The van der Waals surface area contributed by atoms with Gasteiger partial charge in [0.1, 0.15) is 5.82 Å². The summed E-state index contributed by atoms with van der Waals surface area (Å²) in [5, 5.41) is 0. The van der Waals surface area contributed by atoms with E-state index >= 15 is 0 Å². The highest BCUT2D eigenvalue weighted by atomic mass is 32.2. The van der Waals surface area contributed by atoms with Crippen LogP contribution in [0.25, 0.3) is 17.3 Å². The lowest BCUT2D eigenvalue weighted by Gasteiger charge is -2.10. The maximum Gasteiger partial charge on any atom is 0.136 e. The molecule has 2 aromatic rings. The molecule has 0 radical (unpaired) electrons. The summed E-state index contributed by atoms with van der Waals surface area (Å²) < 4.78 is 3.27. The maximum absolute atomic E-state index is 4.79. The van der Waals surface area contributed by atoms with Crippen molar-refractivity contribution in [2.24, 2.45) is 0 Å². The number of hydrogen-bond acceptors (Lipinski definition) is 3. The van der Waals surface area contributed by atoms with Crippen LogP contribution in [0, 0.1) is 6.92 Å². The predicted molar refractivity (Wildman–Crippen MR) is 109 cm³/mol. The fourth-order valence-corrected chi connectivity index (χ4v) is 2.74. The summed E-state index contributed by atoms with van der Waals surface area (Å²) >= 11 is 1.47. The lowest BCUT2D eigenvalue weighted by Crippen LogP contribution is -1.95. The first kappa shape index (κ1) is 17.8. The number of anilines is 1. The van der Waals surface area contributed by atoms with Gasteiger partial charge in [0.05, 0.1) is 5.69 Å². The zero-order valence-corrected chi connectivity index (χ0v) is 14.9. The Morgan fingerprint density at radius 1 is 1.12 bits per heavy atom. The number of pyridine rings is 1. The van der Waals surface area contributed by atoms with Gasteiger partial charge in [-0.3, -0.25) is 0 Å². The van der Waals surface area contributed by atoms with Gasteiger partial charge in [-0.1, -0.05) is 67.3 Å². The van der Waals surface area contributed by atoms with Gasteiger partial charge in [-0.05, 0) is 44.0 Å². The lowest BCUT2D eigenvalue weighted by atomic mass is 10.0. The molecule has 3 heteroatoms. The van der Waals surface area contributed by atoms with E-state index in [4.69, 9.17) is 4.98 Å². The van der Waals surface area contributed by atoms with Crippen LogP contribution in [0.15, 0.2) is 78.8 Å². The van der Waals surface area contributed by atoms with Crippen LogP contribution in [-0.2, 0) is 0 Å². The van der Waals surface area contributed by atoms with Crippen molar-refractivity contribution in [3.05, 3.63) is 89.9 Å². The van der Waals surface area contributed by atoms with E-state index in [-0.39, 0.29) is 0 Å². The summed E-state index contributed by atoms with van der Waals surface area (Å²) in [6.07, 6.45) is 9.53. The minimum atomic E-state index is 0.806. The number of aryl methyl sites for hydroxylation is 1. The monoisotopic (exact) mass is 334 g/mol. The molecule has 24 heavy (non-hydrogen) atoms. The summed E-state index contributed by atoms with van der Waals surface area (Å²) in [6, 6.07) is 12.5. The standard InChI is InChI=1S/C21H22N2S/c1-5-8-17-14-15-20(23-24-19(7-3)9-6-2)22-21(17)18-12-10-16(4)11-13-18/h5-15H,2-3H2,1,4H3,(H,22,23)/b8-5+,19-9+. The van der Waals surface area contributed by atoms with E-state index in [0.29, 0.717) is 0 Å². The molecular weight excluding hydrogens is 312 g/mol. The zero-order valence-electron chi connectivity index (χ0n) is 14.1. The van der Waals surface area contributed by atoms with E-state index in [9.17, 15) is 0 Å². The third-order valence-corrected chi connectivity index (χ3v) is 4.20. The minimum absolute atomic E-state index is 0.806. The molecule has 0 aliphatic heterocycles. The highest BCUT2D eigenvalue weighted by molar-refractivity contribution is 8.04. The number of benzene rings is 1. The molecule has 1 aromatic heterocycles. The van der Waals surface area contributed by atoms with Gasteiger partial charge in [-0.2, -0.15) is 0 Å². The molecule has 0 amide bonds. The van der Waals surface area contributed by atoms with E-state index in [1.54, 1.807) is 12.2 Å². The Morgan fingerprint density at radius 2 is 1.88 bits per heavy atom. The van der Waals surface area contributed by atoms with Gasteiger partial charge in [0.15, 0.2) is 0 Å². The van der Waals surface area contributed by atoms with E-state index in [2.05, 4.69) is 61.2 Å². The Hall–Kier alpha value is -2.52. The molecule has 2 rings (SSSR count). The first-order valence-corrected chi connectivity index (χ1v) is 8.58. The molecule has 1 heterocycles. The smallest absolute Gasteiger partial charge is 0.136 e. The third kappa shape index (κ3) is 4.74. The predicted octanol–water partition coefficient (Wildman–Crippen LogP) is 6.41. The van der Waals surface area contributed by atoms with Crippen molar-refractivity contribution in [1.82, 2.24) is 4.98 Å². The Morgan fingerprint density at radius 3 is 2.50 bits per heavy atom. The average molecular weight is 334 g/mol. The summed E-state index contributed by atoms with van der Waals surface area (Å²) in [5.41, 5.74) is 4.41. The quantitative estimate of drug-likeness (QED) is 0.468. The van der Waals surface area contributed by atoms with E-state index in [1.165, 1.54) is 17.5 Å². The molecule has 0 unspecified atom stereocenters. The second-order valence-electron chi connectivity index (χ2n) is 5.21. The topological polar surface area (TPSA) is 24.9 Å². The van der Waals surface area contributed by atoms with Crippen molar-refractivity contribution >= 4 is 23.8 Å². The molecule has 0 aliphatic rings. The Labute approximate surface area is 148 Å². The highest BCUT2D eigenvalue weighted by Gasteiger charge is 2.07. The Kier molecular flexibility index (Phi) is 6.64. The molecule has 0 spiro atoms. The van der Waals surface area contributed by atoms with Gasteiger partial charge in [0.25, 0.3) is 0 Å². The van der Waals surface area contributed by atoms with Crippen LogP contribution < -0.4 is 4.72 Å². The highest BCUT2D eigenvalue weighted by Crippen LogP contribution is 2.27. The largest absolute Gasteiger partial charge is 0.310 e. The molecule has 1 N–H and O–H groups in total. The summed E-state index contributed by atoms with van der Waals surface area (Å²) in [4.78, 5) is 5.77. The van der Waals surface area contributed by atoms with Crippen LogP contribution in [0.5, 0.6) is 0 Å². The first-order valence-electron chi connectivity index (χ1n) is 7.76. The molecule has 0 saturated carbocycles. The van der Waals surface area contributed by atoms with Crippen molar-refractivity contribution in [2.45, 2.75) is 13.8 Å². The summed E-state index contributed by atoms with van der Waals surface area (Å²) in [6.45, 7) is 11.6. The van der Waals surface area contributed by atoms with Gasteiger partial charge in [-0.15, -0.1) is 0 Å². The molecule has 0 aliphatic carbocycles. The maximum atomic E-state index is 4.79. The second kappa shape index (κ2) is 8.94. The van der Waals surface area contributed by atoms with E-state index in [0.717, 1.165) is 27.5 Å². The van der Waals surface area contributed by atoms with Crippen LogP contribution in [0.4, 0.5) is 5.82 Å². The number of hydrogen-bond donors (Lipinski definition) is 1. The summed E-state index contributed by atoms with van der Waals surface area (Å²) in [7, 11) is 0. The van der Waals surface area contributed by atoms with Crippen molar-refractivity contribution in [3.8, 4) is 11.3 Å². The SMILES string of the molecule is C=C/C=C(\C=C)SNc1ccc(/C=C/C)c(-c2ccc(C)cc2)n1. The first-order chi connectivity index (χ1) is 11.7. The molecule has 0 fully saturated rings. The van der Waals surface area contributed by atoms with Crippen LogP contribution in [-0.4, -0.2) is 4.98 Å². The van der Waals surface area contributed by atoms with E-state index in [1.807, 2.05) is 25.1 Å². The van der Waals surface area contributed by atoms with Crippen LogP contribution >= 0.6 is 11.9 Å². The van der Waals surface area contributed by atoms with Crippen LogP contribution in [0.1, 0.15) is 18.1 Å². The molecule has 0 bridgehead atoms. The van der Waals surface area contributed by atoms with Crippen LogP contribution in [0.3, 0.4) is 0 Å². The summed E-state index contributed by atoms with van der Waals surface area (Å²) in [5.74, 6) is 0.806. The fourth-order valence-electron chi connectivity index (χ4n) is 2.15. The Bertz CT molecular complexity index is 771. The fraction of sp³-hybridized carbons (Fsp3) is 0.0952. The minimum Gasteiger partial charge on any atom is -0.310 e. The van der Waals surface area contributed by atoms with Gasteiger partial charge < -0.3 is 4.72 Å². The molecule has 1 aromatic carbocycles. The van der Waals surface area contributed by atoms with Gasteiger partial charge in [-0.25, -0.2) is 4.98 Å². The number of nitrogens with zero attached hydrogens (tertiary/aromatic N) is 1. The number of rotatable bonds is 7. The van der Waals surface area contributed by atoms with Gasteiger partial charge in [0, 0.05) is 16.0 Å². The van der Waals surface area contributed by atoms with Crippen molar-refractivity contribution in [3.63, 3.8) is 0 Å². The number of aromatic nitrogens is 1. The van der Waals surface area contributed by atoms with E-state index < -0.39 is 0 Å². The average Bonchev–Trinajstić information content (AvgIpc) is 2.60. The number of allylic oxidation sites excluding steroid dienone is 4. The molecule has 2 nitrogen and oxygen atoms in total. The Balaban J connectivity index is 2.34. The third-order valence-electron chi connectivity index (χ3n) is 3.35. The molecule has 0 atom stereocenters. The van der Waals surface area contributed by atoms with Gasteiger partial charge in [0.2, 0.25) is 0 Å². The van der Waals surface area contributed by atoms with Crippen molar-refractivity contribution < 1.29 is 0 Å². The molecular formula is C21H22N2S. The van der Waals surface area contributed by atoms with Gasteiger partial charge >= 0.3 is 0 Å². The van der Waals surface area contributed by atoms with Crippen LogP contribution in [0.2, 0.25) is 0 Å². The molecule has 122 valence electrons. The number of nitrogens with one attached hydrogen (secondary N) is 1. The second-order valence-corrected chi connectivity index (χ2v) is 6.09. The molecule has 0 saturated heterocycles.